The molecule has 2 N–H and O–H groups in total. The number of halogens is 1. The Kier molecular flexibility index (Phi) is 57.4. The molecule has 0 aromatic heterocycles. The molecule has 0 radical (unpaired) electrons. The van der Waals surface area contributed by atoms with Crippen LogP contribution in [-0.2, 0) is 85.3 Å². The van der Waals surface area contributed by atoms with Gasteiger partial charge in [-0.05, 0) is 101 Å². The van der Waals surface area contributed by atoms with Crippen molar-refractivity contribution in [2.24, 2.45) is 0 Å². The molecule has 6 rings (SSSR count). The molecule has 0 saturated carbocycles. The summed E-state index contributed by atoms with van der Waals surface area (Å²) in [4.78, 5) is 42.9. The molecular weight excluding hydrogens is 1070 g/mol. The predicted molar refractivity (Wildman–Crippen MR) is 348 cm³/mol. The predicted octanol–water partition coefficient (Wildman–Crippen LogP) is 18.6. The number of carbonyl (C=O) groups is 4. The molecular formula is C72H105BrO8. The highest BCUT2D eigenvalue weighted by atomic mass is 79.9. The average molecular weight is 1180 g/mol. The van der Waals surface area contributed by atoms with Crippen LogP contribution < -0.4 is 0 Å². The summed E-state index contributed by atoms with van der Waals surface area (Å²) in [5.41, 5.74) is 11.4. The fraction of sp³-hybridized carbons (Fsp3) is 0.444. The zero-order valence-electron chi connectivity index (χ0n) is 52.0. The highest BCUT2D eigenvalue weighted by molar-refractivity contribution is 9.08. The minimum atomic E-state index is -0.742. The fourth-order valence-electron chi connectivity index (χ4n) is 6.73. The Morgan fingerprint density at radius 1 is 0.333 bits per heavy atom. The first kappa shape index (κ1) is 79.2. The van der Waals surface area contributed by atoms with Gasteiger partial charge < -0.3 is 19.7 Å². The summed E-state index contributed by atoms with van der Waals surface area (Å²) in [5.74, 6) is -1.16. The molecule has 0 amide bonds. The normalized spacial score (nSPS) is 9.44. The lowest BCUT2D eigenvalue weighted by Gasteiger charge is -2.02. The van der Waals surface area contributed by atoms with Gasteiger partial charge in [-0.15, -0.1) is 0 Å². The number of Topliss-reactive ketones (excluding diaryl/α,β-unsaturated/α-hetero) is 2. The molecule has 0 unspecified atom stereocenters. The van der Waals surface area contributed by atoms with Crippen LogP contribution >= 0.6 is 15.9 Å². The summed E-state index contributed by atoms with van der Waals surface area (Å²) in [6.45, 7) is 21.8. The lowest BCUT2D eigenvalue weighted by Crippen LogP contribution is -2.07. The molecule has 81 heavy (non-hydrogen) atoms. The van der Waals surface area contributed by atoms with Crippen molar-refractivity contribution in [3.63, 3.8) is 0 Å². The summed E-state index contributed by atoms with van der Waals surface area (Å²) in [6.07, 6.45) is 15.1. The number of carbonyl (C=O) groups excluding carboxylic acids is 2. The number of ketones is 2. The maximum absolute atomic E-state index is 11.2. The molecule has 0 spiro atoms. The van der Waals surface area contributed by atoms with Gasteiger partial charge in [-0.1, -0.05) is 281 Å². The van der Waals surface area contributed by atoms with Crippen molar-refractivity contribution in [2.45, 2.75) is 184 Å². The van der Waals surface area contributed by atoms with Crippen molar-refractivity contribution in [1.82, 2.24) is 0 Å². The molecule has 0 atom stereocenters. The highest BCUT2D eigenvalue weighted by Crippen LogP contribution is 2.11. The molecule has 0 saturated heterocycles. The maximum atomic E-state index is 11.2. The van der Waals surface area contributed by atoms with E-state index in [-0.39, 0.29) is 37.6 Å². The number of carboxylic acid groups (broad SMARTS) is 2. The number of rotatable bonds is 23. The lowest BCUT2D eigenvalue weighted by atomic mass is 10.0. The first-order chi connectivity index (χ1) is 39.1. The van der Waals surface area contributed by atoms with Crippen LogP contribution in [0.5, 0.6) is 0 Å². The zero-order valence-corrected chi connectivity index (χ0v) is 53.5. The number of carboxylic acids is 2. The van der Waals surface area contributed by atoms with E-state index in [1.807, 2.05) is 42.5 Å². The van der Waals surface area contributed by atoms with Crippen LogP contribution in [0.1, 0.15) is 177 Å². The Hall–Kier alpha value is -6.00. The van der Waals surface area contributed by atoms with Gasteiger partial charge in [0.15, 0.2) is 11.6 Å². The minimum absolute atomic E-state index is 0.155. The number of benzene rings is 6. The number of hydrogen-bond donors (Lipinski definition) is 2. The van der Waals surface area contributed by atoms with Gasteiger partial charge in [0.05, 0.1) is 0 Å². The third-order valence-corrected chi connectivity index (χ3v) is 11.5. The van der Waals surface area contributed by atoms with Crippen molar-refractivity contribution < 1.29 is 38.9 Å². The monoisotopic (exact) mass is 1180 g/mol. The molecule has 0 aliphatic carbocycles. The third kappa shape index (κ3) is 51.9. The summed E-state index contributed by atoms with van der Waals surface area (Å²) >= 11 is 3.39. The smallest absolute Gasteiger partial charge is 0.303 e. The van der Waals surface area contributed by atoms with Crippen molar-refractivity contribution in [3.8, 4) is 0 Å². The second kappa shape index (κ2) is 58.6. The van der Waals surface area contributed by atoms with Crippen molar-refractivity contribution >= 4 is 39.4 Å². The molecule has 0 aliphatic rings. The van der Waals surface area contributed by atoms with Gasteiger partial charge >= 0.3 is 11.9 Å². The van der Waals surface area contributed by atoms with E-state index in [9.17, 15) is 19.2 Å². The largest absolute Gasteiger partial charge is 0.481 e. The van der Waals surface area contributed by atoms with E-state index in [4.69, 9.17) is 19.7 Å². The number of alkyl halides is 1. The van der Waals surface area contributed by atoms with Gasteiger partial charge in [-0.2, -0.15) is 0 Å². The molecule has 0 aliphatic heterocycles. The Labute approximate surface area is 500 Å². The first-order valence-electron chi connectivity index (χ1n) is 29.5. The highest BCUT2D eigenvalue weighted by Gasteiger charge is 2.04. The van der Waals surface area contributed by atoms with Gasteiger partial charge in [0.1, 0.15) is 13.2 Å². The quantitative estimate of drug-likeness (QED) is 0.0607. The van der Waals surface area contributed by atoms with Crippen LogP contribution in [0.4, 0.5) is 0 Å². The fourth-order valence-corrected chi connectivity index (χ4v) is 7.10. The van der Waals surface area contributed by atoms with E-state index in [0.29, 0.717) is 25.7 Å². The average Bonchev–Trinajstić information content (AvgIpc) is 3.48. The summed E-state index contributed by atoms with van der Waals surface area (Å²) in [6, 6.07) is 55.6. The third-order valence-electron chi connectivity index (χ3n) is 10.9. The maximum Gasteiger partial charge on any atom is 0.303 e. The molecule has 9 heteroatoms. The number of methoxy groups -OCH3 is 2. The Morgan fingerprint density at radius 2 is 0.556 bits per heavy atom. The molecule has 8 nitrogen and oxygen atoms in total. The van der Waals surface area contributed by atoms with Gasteiger partial charge in [0.2, 0.25) is 0 Å². The summed E-state index contributed by atoms with van der Waals surface area (Å²) < 4.78 is 9.55. The topological polar surface area (TPSA) is 127 Å². The summed E-state index contributed by atoms with van der Waals surface area (Å²) in [7, 11) is 3.09. The molecule has 6 aromatic carbocycles. The zero-order chi connectivity index (χ0) is 61.2. The van der Waals surface area contributed by atoms with Gasteiger partial charge in [-0.3, -0.25) is 19.2 Å². The SMILES string of the molecule is CCC.CCC.CCC.CCCc1ccccc1.CCCc1ccccc1.CCc1ccc(CCC(=O)COC)cc1.CCc1ccc(CCC(=O)O)cc1.COCC(=O)CCc1ccc(CBr)cc1.O=C(O)CCc1ccccc1. The first-order valence-corrected chi connectivity index (χ1v) is 30.6. The van der Waals surface area contributed by atoms with E-state index < -0.39 is 11.9 Å². The number of hydrogen-bond acceptors (Lipinski definition) is 6. The number of aryl methyl sites for hydroxylation is 8. The van der Waals surface area contributed by atoms with Crippen molar-refractivity contribution in [3.05, 3.63) is 214 Å². The lowest BCUT2D eigenvalue weighted by molar-refractivity contribution is -0.138. The van der Waals surface area contributed by atoms with E-state index >= 15 is 0 Å². The standard InChI is InChI=1S/C13H18O2.C12H15BrO2.C11H14O2.C9H10O2.2C9H12.3C3H8/c1-3-11-4-6-12(7-5-11)8-9-13(14)10-15-2;1-15-9-12(14)7-6-10-2-4-11(8-13)5-3-10;1-2-9-3-5-10(6-4-9)7-8-11(12)13;10-9(11)7-6-8-4-2-1-3-5-8;2*1-2-6-9-7-4-3-5-8-9;3*1-3-2/h4-7H,3,8-10H2,1-2H3;2-5H,6-9H2,1H3;3-6H,2,7-8H2,1H3,(H,12,13);1-5H,6-7H2,(H,10,11);2*3-5,7-8H,2,6H2,1H3;3*3H2,1-2H3. The van der Waals surface area contributed by atoms with Crippen LogP contribution in [0.3, 0.4) is 0 Å². The van der Waals surface area contributed by atoms with E-state index in [1.54, 1.807) is 14.2 Å². The van der Waals surface area contributed by atoms with E-state index in [0.717, 1.165) is 42.1 Å². The second-order valence-corrected chi connectivity index (χ2v) is 19.7. The minimum Gasteiger partial charge on any atom is -0.481 e. The van der Waals surface area contributed by atoms with Gasteiger partial charge in [-0.25, -0.2) is 0 Å². The Bertz CT molecular complexity index is 2210. The number of aliphatic carboxylic acids is 2. The second-order valence-electron chi connectivity index (χ2n) is 19.1. The van der Waals surface area contributed by atoms with Crippen LogP contribution in [0.25, 0.3) is 0 Å². The van der Waals surface area contributed by atoms with Crippen LogP contribution in [-0.4, -0.2) is 61.2 Å². The van der Waals surface area contributed by atoms with Crippen LogP contribution in [0.2, 0.25) is 0 Å². The van der Waals surface area contributed by atoms with Crippen LogP contribution in [0.15, 0.2) is 164 Å². The molecule has 0 bridgehead atoms. The van der Waals surface area contributed by atoms with Crippen LogP contribution in [0, 0.1) is 0 Å². The summed E-state index contributed by atoms with van der Waals surface area (Å²) in [5, 5.41) is 17.7. The number of ether oxygens (including phenoxy) is 2. The van der Waals surface area contributed by atoms with Crippen molar-refractivity contribution in [1.29, 1.82) is 0 Å². The van der Waals surface area contributed by atoms with E-state index in [1.165, 1.54) is 83.9 Å². The van der Waals surface area contributed by atoms with E-state index in [2.05, 4.69) is 206 Å². The molecule has 6 aromatic rings. The van der Waals surface area contributed by atoms with Crippen molar-refractivity contribution in [2.75, 3.05) is 27.4 Å². The molecule has 0 fully saturated rings. The Balaban J connectivity index is -0.000000881. The van der Waals surface area contributed by atoms with Gasteiger partial charge in [0.25, 0.3) is 0 Å². The van der Waals surface area contributed by atoms with Gasteiger partial charge in [0, 0.05) is 45.2 Å². The molecule has 0 heterocycles. The molecule has 448 valence electrons. The Morgan fingerprint density at radius 3 is 0.778 bits per heavy atom.